The molecule has 0 aromatic heterocycles. The summed E-state index contributed by atoms with van der Waals surface area (Å²) in [5.41, 5.74) is 0. The Morgan fingerprint density at radius 2 is 1.54 bits per heavy atom. The predicted octanol–water partition coefficient (Wildman–Crippen LogP) is 4.70. The minimum atomic E-state index is 0.791. The molecule has 0 fully saturated rings. The summed E-state index contributed by atoms with van der Waals surface area (Å²) >= 11 is 0. The van der Waals surface area contributed by atoms with Crippen LogP contribution in [0.1, 0.15) is 60.3 Å². The van der Waals surface area contributed by atoms with Gasteiger partial charge < -0.3 is 0 Å². The van der Waals surface area contributed by atoms with Crippen LogP contribution in [0.3, 0.4) is 0 Å². The van der Waals surface area contributed by atoms with E-state index < -0.39 is 0 Å². The van der Waals surface area contributed by atoms with Crippen molar-refractivity contribution in [2.45, 2.75) is 60.3 Å². The van der Waals surface area contributed by atoms with E-state index in [2.05, 4.69) is 41.0 Å². The first-order chi connectivity index (χ1) is 6.04. The lowest BCUT2D eigenvalue weighted by molar-refractivity contribution is 0.449. The normalized spacial score (nSPS) is 14.1. The molecule has 1 radical (unpaired) electrons. The average molecular weight is 183 g/mol. The average Bonchev–Trinajstić information content (AvgIpc) is 2.02. The van der Waals surface area contributed by atoms with Crippen molar-refractivity contribution in [3.05, 3.63) is 6.42 Å². The highest BCUT2D eigenvalue weighted by atomic mass is 14.1. The van der Waals surface area contributed by atoms with E-state index in [1.54, 1.807) is 0 Å². The predicted molar refractivity (Wildman–Crippen MR) is 61.6 cm³/mol. The summed E-state index contributed by atoms with van der Waals surface area (Å²) in [6.07, 6.45) is 7.98. The minimum absolute atomic E-state index is 0.791. The highest BCUT2D eigenvalue weighted by molar-refractivity contribution is 4.74. The van der Waals surface area contributed by atoms with Gasteiger partial charge in [-0.05, 0) is 30.6 Å². The highest BCUT2D eigenvalue weighted by Crippen LogP contribution is 2.17. The molecule has 79 valence electrons. The first-order valence-electron chi connectivity index (χ1n) is 5.87. The van der Waals surface area contributed by atoms with Gasteiger partial charge in [0.1, 0.15) is 0 Å². The summed E-state index contributed by atoms with van der Waals surface area (Å²) in [7, 11) is 0. The van der Waals surface area contributed by atoms with Crippen LogP contribution in [0, 0.1) is 24.2 Å². The first kappa shape index (κ1) is 13.0. The summed E-state index contributed by atoms with van der Waals surface area (Å²) in [5.74, 6) is 2.48. The van der Waals surface area contributed by atoms with Gasteiger partial charge in [-0.2, -0.15) is 0 Å². The molecule has 0 aromatic carbocycles. The molecule has 0 aromatic rings. The Balaban J connectivity index is 3.16. The number of hydrogen-bond donors (Lipinski definition) is 0. The first-order valence-corrected chi connectivity index (χ1v) is 5.87. The molecule has 0 bridgehead atoms. The molecule has 0 heteroatoms. The van der Waals surface area contributed by atoms with E-state index >= 15 is 0 Å². The maximum absolute atomic E-state index is 2.49. The van der Waals surface area contributed by atoms with Crippen molar-refractivity contribution in [3.8, 4) is 0 Å². The summed E-state index contributed by atoms with van der Waals surface area (Å²) in [6.45, 7) is 11.5. The summed E-state index contributed by atoms with van der Waals surface area (Å²) in [4.78, 5) is 0. The Labute approximate surface area is 85.1 Å². The molecule has 0 nitrogen and oxygen atoms in total. The zero-order chi connectivity index (χ0) is 10.3. The molecule has 1 atom stereocenters. The van der Waals surface area contributed by atoms with Gasteiger partial charge in [-0.1, -0.05) is 53.9 Å². The topological polar surface area (TPSA) is 0 Å². The second-order valence-corrected chi connectivity index (χ2v) is 5.02. The molecule has 0 heterocycles. The van der Waals surface area contributed by atoms with Crippen LogP contribution in [-0.4, -0.2) is 0 Å². The Bertz CT molecular complexity index is 103. The highest BCUT2D eigenvalue weighted by Gasteiger charge is 2.06. The van der Waals surface area contributed by atoms with Crippen molar-refractivity contribution in [2.24, 2.45) is 17.8 Å². The Morgan fingerprint density at radius 1 is 0.923 bits per heavy atom. The van der Waals surface area contributed by atoms with Crippen LogP contribution in [0.4, 0.5) is 0 Å². The zero-order valence-corrected chi connectivity index (χ0v) is 10.1. The lowest BCUT2D eigenvalue weighted by Gasteiger charge is -2.14. The fourth-order valence-corrected chi connectivity index (χ4v) is 1.35. The van der Waals surface area contributed by atoms with Crippen LogP contribution in [-0.2, 0) is 0 Å². The SMILES string of the molecule is CC(C)CCCC[CH]C(C)C(C)C. The molecule has 0 aliphatic rings. The van der Waals surface area contributed by atoms with E-state index in [1.165, 1.54) is 25.7 Å². The van der Waals surface area contributed by atoms with Crippen LogP contribution in [0.2, 0.25) is 0 Å². The van der Waals surface area contributed by atoms with Crippen LogP contribution >= 0.6 is 0 Å². The van der Waals surface area contributed by atoms with Crippen LogP contribution in [0.5, 0.6) is 0 Å². The summed E-state index contributed by atoms with van der Waals surface area (Å²) < 4.78 is 0. The van der Waals surface area contributed by atoms with Gasteiger partial charge in [-0.3, -0.25) is 0 Å². The molecular formula is C13H27. The smallest absolute Gasteiger partial charge is 0.0355 e. The second kappa shape index (κ2) is 7.41. The van der Waals surface area contributed by atoms with Gasteiger partial charge in [0.25, 0.3) is 0 Å². The molecule has 13 heavy (non-hydrogen) atoms. The molecule has 1 unspecified atom stereocenters. The summed E-state index contributed by atoms with van der Waals surface area (Å²) in [5, 5.41) is 0. The molecule has 0 saturated heterocycles. The fraction of sp³-hybridized carbons (Fsp3) is 0.923. The molecule has 0 rings (SSSR count). The van der Waals surface area contributed by atoms with Crippen LogP contribution < -0.4 is 0 Å². The second-order valence-electron chi connectivity index (χ2n) is 5.02. The van der Waals surface area contributed by atoms with Crippen LogP contribution in [0.15, 0.2) is 0 Å². The Kier molecular flexibility index (Phi) is 7.41. The standard InChI is InChI=1S/C13H27/c1-11(2)9-7-6-8-10-13(5)12(3)4/h10-13H,6-9H2,1-5H3. The van der Waals surface area contributed by atoms with E-state index in [-0.39, 0.29) is 0 Å². The van der Waals surface area contributed by atoms with Crippen molar-refractivity contribution in [3.63, 3.8) is 0 Å². The summed E-state index contributed by atoms with van der Waals surface area (Å²) in [6, 6.07) is 0. The van der Waals surface area contributed by atoms with Crippen molar-refractivity contribution >= 4 is 0 Å². The lowest BCUT2D eigenvalue weighted by atomic mass is 9.92. The Hall–Kier alpha value is 0. The molecule has 0 aliphatic carbocycles. The molecule has 0 saturated carbocycles. The van der Waals surface area contributed by atoms with Crippen molar-refractivity contribution in [1.29, 1.82) is 0 Å². The van der Waals surface area contributed by atoms with Gasteiger partial charge in [0.2, 0.25) is 0 Å². The third-order valence-corrected chi connectivity index (χ3v) is 2.83. The number of rotatable bonds is 7. The third kappa shape index (κ3) is 8.33. The molecule has 0 amide bonds. The van der Waals surface area contributed by atoms with Gasteiger partial charge >= 0.3 is 0 Å². The van der Waals surface area contributed by atoms with Crippen molar-refractivity contribution in [2.75, 3.05) is 0 Å². The molecular weight excluding hydrogens is 156 g/mol. The van der Waals surface area contributed by atoms with E-state index in [9.17, 15) is 0 Å². The lowest BCUT2D eigenvalue weighted by Crippen LogP contribution is -2.04. The van der Waals surface area contributed by atoms with Gasteiger partial charge in [0.15, 0.2) is 0 Å². The van der Waals surface area contributed by atoms with Gasteiger partial charge in [0.05, 0.1) is 0 Å². The van der Waals surface area contributed by atoms with E-state index in [0.29, 0.717) is 0 Å². The van der Waals surface area contributed by atoms with Crippen LogP contribution in [0.25, 0.3) is 0 Å². The Morgan fingerprint density at radius 3 is 2.00 bits per heavy atom. The van der Waals surface area contributed by atoms with Gasteiger partial charge in [0, 0.05) is 0 Å². The quantitative estimate of drug-likeness (QED) is 0.502. The third-order valence-electron chi connectivity index (χ3n) is 2.83. The monoisotopic (exact) mass is 183 g/mol. The van der Waals surface area contributed by atoms with Gasteiger partial charge in [-0.25, -0.2) is 0 Å². The zero-order valence-electron chi connectivity index (χ0n) is 10.1. The molecule has 0 spiro atoms. The minimum Gasteiger partial charge on any atom is -0.0628 e. The molecule has 0 N–H and O–H groups in total. The van der Waals surface area contributed by atoms with E-state index in [4.69, 9.17) is 0 Å². The largest absolute Gasteiger partial charge is 0.0628 e. The number of hydrogen-bond acceptors (Lipinski definition) is 0. The van der Waals surface area contributed by atoms with Crippen molar-refractivity contribution < 1.29 is 0 Å². The van der Waals surface area contributed by atoms with Crippen molar-refractivity contribution in [1.82, 2.24) is 0 Å². The molecule has 0 aliphatic heterocycles. The van der Waals surface area contributed by atoms with E-state index in [1.807, 2.05) is 0 Å². The maximum atomic E-state index is 2.49. The van der Waals surface area contributed by atoms with E-state index in [0.717, 1.165) is 17.8 Å². The van der Waals surface area contributed by atoms with Gasteiger partial charge in [-0.15, -0.1) is 0 Å². The maximum Gasteiger partial charge on any atom is -0.0355 e. The number of unbranched alkanes of at least 4 members (excludes halogenated alkanes) is 2. The fourth-order valence-electron chi connectivity index (χ4n) is 1.35.